The SMILES string of the molecule is CC(F)(F)OCC(F)(F)C(F)(F)C(F)(F)C(F)(F)C(F)(F)C(F)F. The highest BCUT2D eigenvalue weighted by atomic mass is 19.4. The summed E-state index contributed by atoms with van der Waals surface area (Å²) < 4.78 is 178. The average Bonchev–Trinajstić information content (AvgIpc) is 2.34. The van der Waals surface area contributed by atoms with E-state index in [1.54, 1.807) is 0 Å². The maximum Gasteiger partial charge on any atom is 0.384 e. The number of alkyl halides is 14. The summed E-state index contributed by atoms with van der Waals surface area (Å²) in [5.74, 6) is -36.5. The van der Waals surface area contributed by atoms with E-state index in [2.05, 4.69) is 4.74 Å². The Hall–Kier alpha value is -1.02. The maximum absolute atomic E-state index is 13.0. The number of halogens is 14. The minimum absolute atomic E-state index is 0.321. The lowest BCUT2D eigenvalue weighted by Crippen LogP contribution is -2.69. The van der Waals surface area contributed by atoms with Gasteiger partial charge in [0.2, 0.25) is 0 Å². The molecule has 0 rings (SSSR count). The normalized spacial score (nSPS) is 16.0. The summed E-state index contributed by atoms with van der Waals surface area (Å²) in [6.07, 6.45) is -10.2. The topological polar surface area (TPSA) is 9.23 Å². The second kappa shape index (κ2) is 6.05. The summed E-state index contributed by atoms with van der Waals surface area (Å²) in [5.41, 5.74) is 0. The van der Waals surface area contributed by atoms with Crippen molar-refractivity contribution in [3.63, 3.8) is 0 Å². The van der Waals surface area contributed by atoms with Gasteiger partial charge < -0.3 is 4.74 Å². The van der Waals surface area contributed by atoms with Crippen LogP contribution >= 0.6 is 0 Å². The fraction of sp³-hybridized carbons (Fsp3) is 1.00. The number of rotatable bonds is 8. The van der Waals surface area contributed by atoms with Gasteiger partial charge in [0.05, 0.1) is 0 Å². The molecule has 0 N–H and O–H groups in total. The zero-order chi connectivity index (χ0) is 20.0. The van der Waals surface area contributed by atoms with Gasteiger partial charge in [-0.3, -0.25) is 0 Å². The van der Waals surface area contributed by atoms with Crippen LogP contribution in [0.5, 0.6) is 0 Å². The Balaban J connectivity index is 5.89. The van der Waals surface area contributed by atoms with Crippen molar-refractivity contribution >= 4 is 0 Å². The fourth-order valence-corrected chi connectivity index (χ4v) is 1.08. The van der Waals surface area contributed by atoms with Gasteiger partial charge in [-0.2, -0.15) is 52.7 Å². The maximum atomic E-state index is 13.0. The van der Waals surface area contributed by atoms with Crippen molar-refractivity contribution in [3.8, 4) is 0 Å². The highest BCUT2D eigenvalue weighted by molar-refractivity contribution is 5.09. The predicted octanol–water partition coefficient (Wildman–Crippen LogP) is 5.06. The fourth-order valence-electron chi connectivity index (χ4n) is 1.08. The highest BCUT2D eigenvalue weighted by Gasteiger charge is 2.87. The van der Waals surface area contributed by atoms with Crippen LogP contribution in [0.2, 0.25) is 0 Å². The van der Waals surface area contributed by atoms with Gasteiger partial charge in [-0.05, 0) is 0 Å². The van der Waals surface area contributed by atoms with E-state index in [-0.39, 0.29) is 6.92 Å². The van der Waals surface area contributed by atoms with Gasteiger partial charge in [-0.1, -0.05) is 0 Å². The number of hydrogen-bond acceptors (Lipinski definition) is 1. The molecule has 24 heavy (non-hydrogen) atoms. The number of hydrogen-bond donors (Lipinski definition) is 0. The van der Waals surface area contributed by atoms with Crippen LogP contribution in [0.1, 0.15) is 6.92 Å². The molecular weight excluding hydrogens is 390 g/mol. The van der Waals surface area contributed by atoms with E-state index in [9.17, 15) is 61.5 Å². The number of ether oxygens (including phenoxy) is 1. The lowest BCUT2D eigenvalue weighted by Gasteiger charge is -2.39. The second-order valence-electron chi connectivity index (χ2n) is 4.45. The molecule has 146 valence electrons. The monoisotopic (exact) mass is 396 g/mol. The van der Waals surface area contributed by atoms with Crippen LogP contribution in [0.15, 0.2) is 0 Å². The molecule has 0 unspecified atom stereocenters. The standard InChI is InChI=1S/C9H6F14O/c1-4(12,13)24-2-5(14,15)7(18,19)9(22,23)8(20,21)6(16,17)3(10)11/h3H,2H2,1H3. The quantitative estimate of drug-likeness (QED) is 0.522. The molecule has 0 bridgehead atoms. The van der Waals surface area contributed by atoms with Crippen molar-refractivity contribution < 1.29 is 66.2 Å². The summed E-state index contributed by atoms with van der Waals surface area (Å²) >= 11 is 0. The van der Waals surface area contributed by atoms with Crippen LogP contribution in [0, 0.1) is 0 Å². The molecule has 0 spiro atoms. The van der Waals surface area contributed by atoms with Crippen LogP contribution in [-0.2, 0) is 4.74 Å². The van der Waals surface area contributed by atoms with Crippen molar-refractivity contribution in [2.24, 2.45) is 0 Å². The Labute approximate surface area is 123 Å². The third-order valence-corrected chi connectivity index (χ3v) is 2.45. The Morgan fingerprint density at radius 3 is 1.33 bits per heavy atom. The van der Waals surface area contributed by atoms with Crippen LogP contribution < -0.4 is 0 Å². The van der Waals surface area contributed by atoms with Crippen molar-refractivity contribution in [2.45, 2.75) is 49.1 Å². The lowest BCUT2D eigenvalue weighted by molar-refractivity contribution is -0.419. The van der Waals surface area contributed by atoms with Crippen molar-refractivity contribution in [1.82, 2.24) is 0 Å². The van der Waals surface area contributed by atoms with E-state index in [1.165, 1.54) is 0 Å². The molecule has 0 aromatic rings. The summed E-state index contributed by atoms with van der Waals surface area (Å²) in [6, 6.07) is 0. The lowest BCUT2D eigenvalue weighted by atomic mass is 9.94. The van der Waals surface area contributed by atoms with Gasteiger partial charge in [0.1, 0.15) is 6.61 Å². The Morgan fingerprint density at radius 2 is 1.04 bits per heavy atom. The first kappa shape index (κ1) is 23.0. The second-order valence-corrected chi connectivity index (χ2v) is 4.45. The van der Waals surface area contributed by atoms with Crippen LogP contribution in [-0.4, -0.2) is 48.8 Å². The first-order valence-electron chi connectivity index (χ1n) is 5.34. The molecule has 0 aliphatic heterocycles. The molecule has 0 aromatic heterocycles. The van der Waals surface area contributed by atoms with Gasteiger partial charge in [0, 0.05) is 6.92 Å². The zero-order valence-corrected chi connectivity index (χ0v) is 11.0. The molecule has 0 saturated carbocycles. The van der Waals surface area contributed by atoms with Gasteiger partial charge in [0.25, 0.3) is 0 Å². The Kier molecular flexibility index (Phi) is 5.80. The van der Waals surface area contributed by atoms with Gasteiger partial charge in [0.15, 0.2) is 0 Å². The molecule has 0 heterocycles. The zero-order valence-electron chi connectivity index (χ0n) is 11.0. The summed E-state index contributed by atoms with van der Waals surface area (Å²) in [6.45, 7) is -3.62. The first-order valence-corrected chi connectivity index (χ1v) is 5.34. The van der Waals surface area contributed by atoms with Gasteiger partial charge >= 0.3 is 42.1 Å². The minimum Gasteiger partial charge on any atom is -0.314 e. The summed E-state index contributed by atoms with van der Waals surface area (Å²) in [4.78, 5) is 0. The molecule has 0 amide bonds. The Bertz CT molecular complexity index is 436. The third kappa shape index (κ3) is 3.64. The highest BCUT2D eigenvalue weighted by Crippen LogP contribution is 2.58. The van der Waals surface area contributed by atoms with Crippen molar-refractivity contribution in [1.29, 1.82) is 0 Å². The summed E-state index contributed by atoms with van der Waals surface area (Å²) in [7, 11) is 0. The Morgan fingerprint density at radius 1 is 0.667 bits per heavy atom. The van der Waals surface area contributed by atoms with E-state index in [4.69, 9.17) is 0 Å². The van der Waals surface area contributed by atoms with Crippen LogP contribution in [0.4, 0.5) is 61.5 Å². The van der Waals surface area contributed by atoms with Gasteiger partial charge in [-0.15, -0.1) is 0 Å². The summed E-state index contributed by atoms with van der Waals surface area (Å²) in [5, 5.41) is 0. The van der Waals surface area contributed by atoms with E-state index in [0.717, 1.165) is 0 Å². The van der Waals surface area contributed by atoms with Crippen molar-refractivity contribution in [3.05, 3.63) is 0 Å². The van der Waals surface area contributed by atoms with Gasteiger partial charge in [-0.25, -0.2) is 8.78 Å². The van der Waals surface area contributed by atoms with Crippen molar-refractivity contribution in [2.75, 3.05) is 6.61 Å². The predicted molar refractivity (Wildman–Crippen MR) is 47.3 cm³/mol. The molecule has 0 aliphatic rings. The third-order valence-electron chi connectivity index (χ3n) is 2.45. The van der Waals surface area contributed by atoms with E-state index in [0.29, 0.717) is 0 Å². The molecule has 15 heteroatoms. The molecule has 0 radical (unpaired) electrons. The molecule has 0 fully saturated rings. The molecule has 0 atom stereocenters. The van der Waals surface area contributed by atoms with E-state index < -0.39 is 48.8 Å². The van der Waals surface area contributed by atoms with E-state index in [1.807, 2.05) is 0 Å². The molecule has 0 saturated heterocycles. The van der Waals surface area contributed by atoms with E-state index >= 15 is 0 Å². The molecular formula is C9H6F14O. The smallest absolute Gasteiger partial charge is 0.314 e. The average molecular weight is 396 g/mol. The van der Waals surface area contributed by atoms with Crippen LogP contribution in [0.25, 0.3) is 0 Å². The minimum atomic E-state index is -7.75. The molecule has 0 aliphatic carbocycles. The first-order chi connectivity index (χ1) is 10.2. The largest absolute Gasteiger partial charge is 0.384 e. The molecule has 0 aromatic carbocycles. The molecule has 1 nitrogen and oxygen atoms in total. The van der Waals surface area contributed by atoms with Crippen LogP contribution in [0.3, 0.4) is 0 Å².